The van der Waals surface area contributed by atoms with E-state index in [1.807, 2.05) is 18.4 Å². The summed E-state index contributed by atoms with van der Waals surface area (Å²) in [5, 5.41) is 16.3. The van der Waals surface area contributed by atoms with Gasteiger partial charge in [0.05, 0.1) is 17.1 Å². The van der Waals surface area contributed by atoms with Gasteiger partial charge in [0.2, 0.25) is 59.1 Å². The summed E-state index contributed by atoms with van der Waals surface area (Å²) in [5.41, 5.74) is 7.43. The van der Waals surface area contributed by atoms with E-state index in [-0.39, 0.29) is 138 Å². The first kappa shape index (κ1) is 83.7. The quantitative estimate of drug-likeness (QED) is 0.0106. The number of hydrogen-bond acceptors (Lipinski definition) is 20. The van der Waals surface area contributed by atoms with Gasteiger partial charge in [-0.1, -0.05) is 64.9 Å². The molecule has 5 heterocycles. The van der Waals surface area contributed by atoms with Crippen molar-refractivity contribution in [2.45, 2.75) is 166 Å². The number of azo groups is 1. The summed E-state index contributed by atoms with van der Waals surface area (Å²) < 4.78 is 0. The maximum absolute atomic E-state index is 11.9. The number of rotatable bonds is 25. The van der Waals surface area contributed by atoms with Crippen molar-refractivity contribution in [3.8, 4) is 0 Å². The van der Waals surface area contributed by atoms with Crippen molar-refractivity contribution in [2.24, 2.45) is 39.0 Å². The number of Topliss-reactive ketones (excluding diaryl/α,β-unsaturated/α-hetero) is 4. The van der Waals surface area contributed by atoms with E-state index in [0.29, 0.717) is 70.5 Å². The number of aromatic nitrogens is 1. The molecule has 25 nitrogen and oxygen atoms in total. The lowest BCUT2D eigenvalue weighted by atomic mass is 10.1. The van der Waals surface area contributed by atoms with Crippen LogP contribution in [0.3, 0.4) is 0 Å². The minimum atomic E-state index is -0.257. The number of ketones is 4. The number of benzene rings is 3. The summed E-state index contributed by atoms with van der Waals surface area (Å²) in [5.74, 6) is -0.405. The molecular formula is C72H93N11O14S2. The number of aryl methyl sites for hydroxylation is 1. The number of nitrogens with one attached hydrogen (secondary N) is 3. The Morgan fingerprint density at radius 1 is 0.545 bits per heavy atom. The molecule has 3 aromatic carbocycles. The number of hydrazone groups is 1. The minimum absolute atomic E-state index is 0.0121. The van der Waals surface area contributed by atoms with E-state index < -0.39 is 0 Å². The summed E-state index contributed by atoms with van der Waals surface area (Å²) in [6.45, 7) is 16.6. The van der Waals surface area contributed by atoms with Gasteiger partial charge in [0.15, 0.2) is 5.78 Å². The van der Waals surface area contributed by atoms with Gasteiger partial charge in [-0.2, -0.15) is 22.0 Å². The molecule has 4 saturated heterocycles. The standard InChI is InChI=1S/C16H25NO4.C16H19NO3.2C13H14N2O3.C9H11N3O.C5H10N2S2/c1-12-11-15(20)17(16(12)21)10-9-14(19)8-6-4-3-5-7-13(2)18;1-11-10-15(19)17(16(11)20)14-8-6-13(7-9-14)5-3-4-12(2)18;2*1-8-7-12(17)15(13(8)18)11-5-3-10(4-6-11)14-9(2)16;1-3-11-12-9-5-4-8(6-10-9)7(2)13;1-6-7-5(8)3-4-9-2/h12H,3-11H2,1-2H3;6-9,11H,3-5,10H2,1-2H3;2*3-6,8H,7H2,1-2H3,(H,14,16);3-6H,1-2H3,(H,10,12);3-4H2,1-2H3/b;;;;11-3+;. The number of nitrogens with zero attached hydrogens (tertiary/aromatic N) is 8. The molecule has 4 atom stereocenters. The van der Waals surface area contributed by atoms with Crippen molar-refractivity contribution in [3.63, 3.8) is 0 Å². The van der Waals surface area contributed by atoms with Gasteiger partial charge in [-0.15, -0.1) is 5.11 Å². The molecule has 1 aromatic heterocycles. The lowest BCUT2D eigenvalue weighted by Crippen LogP contribution is -2.32. The van der Waals surface area contributed by atoms with Gasteiger partial charge in [-0.25, -0.2) is 4.98 Å². The summed E-state index contributed by atoms with van der Waals surface area (Å²) >= 11 is 6.61. The van der Waals surface area contributed by atoms with Crippen LogP contribution >= 0.6 is 24.0 Å². The first-order chi connectivity index (χ1) is 46.9. The monoisotopic (exact) mass is 1400 g/mol. The minimum Gasteiger partial charge on any atom is -0.326 e. The van der Waals surface area contributed by atoms with Crippen LogP contribution in [-0.4, -0.2) is 129 Å². The Labute approximate surface area is 588 Å². The molecule has 0 bridgehead atoms. The summed E-state index contributed by atoms with van der Waals surface area (Å²) in [6, 6.07) is 24.1. The molecule has 532 valence electrons. The fraction of sp³-hybridized carbons (Fsp3) is 0.458. The average Bonchev–Trinajstić information content (AvgIpc) is 1.70. The fourth-order valence-corrected chi connectivity index (χ4v) is 10.7. The number of anilines is 6. The van der Waals surface area contributed by atoms with Crippen molar-refractivity contribution in [2.75, 3.05) is 56.4 Å². The van der Waals surface area contributed by atoms with E-state index in [9.17, 15) is 67.1 Å². The van der Waals surface area contributed by atoms with Gasteiger partial charge >= 0.3 is 0 Å². The highest BCUT2D eigenvalue weighted by atomic mass is 32.2. The highest BCUT2D eigenvalue weighted by Crippen LogP contribution is 2.30. The van der Waals surface area contributed by atoms with Gasteiger partial charge in [-0.3, -0.25) is 82.6 Å². The number of hydrogen-bond donors (Lipinski definition) is 3. The van der Waals surface area contributed by atoms with E-state index in [1.165, 1.54) is 46.6 Å². The zero-order valence-electron chi connectivity index (χ0n) is 58.7. The second-order valence-corrected chi connectivity index (χ2v) is 25.5. The van der Waals surface area contributed by atoms with Crippen LogP contribution in [0.25, 0.3) is 0 Å². The van der Waals surface area contributed by atoms with Crippen molar-refractivity contribution < 1.29 is 67.1 Å². The third-order valence-electron chi connectivity index (χ3n) is 15.2. The van der Waals surface area contributed by atoms with Crippen LogP contribution in [-0.2, 0) is 68.7 Å². The number of carbonyl (C=O) groups excluding carboxylic acids is 14. The molecule has 4 unspecified atom stereocenters. The molecule has 10 amide bonds. The molecule has 4 aromatic rings. The van der Waals surface area contributed by atoms with Gasteiger partial charge in [0, 0.05) is 138 Å². The lowest BCUT2D eigenvalue weighted by Gasteiger charge is -2.14. The lowest BCUT2D eigenvalue weighted by molar-refractivity contribution is -0.140. The van der Waals surface area contributed by atoms with Crippen LogP contribution in [0.4, 0.5) is 34.3 Å². The third-order valence-corrected chi connectivity index (χ3v) is 16.1. The van der Waals surface area contributed by atoms with Crippen molar-refractivity contribution in [3.05, 3.63) is 102 Å². The van der Waals surface area contributed by atoms with E-state index in [1.54, 1.807) is 146 Å². The molecule has 0 saturated carbocycles. The predicted molar refractivity (Wildman–Crippen MR) is 387 cm³/mol. The van der Waals surface area contributed by atoms with Crippen LogP contribution in [0.1, 0.15) is 175 Å². The Bertz CT molecular complexity index is 3470. The molecule has 0 aliphatic carbocycles. The van der Waals surface area contributed by atoms with E-state index in [4.69, 9.17) is 12.2 Å². The number of pyridine rings is 1. The molecule has 4 fully saturated rings. The molecule has 99 heavy (non-hydrogen) atoms. The van der Waals surface area contributed by atoms with Crippen LogP contribution in [0.15, 0.2) is 106 Å². The zero-order chi connectivity index (χ0) is 73.9. The van der Waals surface area contributed by atoms with Crippen LogP contribution in [0.2, 0.25) is 0 Å². The Hall–Kier alpha value is -9.50. The van der Waals surface area contributed by atoms with Crippen LogP contribution in [0, 0.1) is 23.7 Å². The number of thioether (sulfide) groups is 1. The molecule has 0 radical (unpaired) electrons. The number of carbonyl (C=O) groups is 14. The van der Waals surface area contributed by atoms with Crippen LogP contribution in [0.5, 0.6) is 0 Å². The first-order valence-electron chi connectivity index (χ1n) is 32.7. The average molecular weight is 1400 g/mol. The SMILES string of the molecule is C/C=N/Nc1ccc(C(C)=O)cn1.CC(=O)CCCCCCC(=O)CCN1C(=O)CC(C)C1=O.CC(=O)CCCc1ccc(N2C(=O)CC(C)C2=O)cc1.CC(=O)Nc1ccc(N2C(=O)CC(C)C2=O)cc1.CC(=O)Nc1ccc(N2C(=O)CC(C)C2=O)cc1.CN=NC(=S)CCSC. The summed E-state index contributed by atoms with van der Waals surface area (Å²) in [7, 11) is 1.63. The van der Waals surface area contributed by atoms with Crippen molar-refractivity contribution in [1.82, 2.24) is 9.88 Å². The summed E-state index contributed by atoms with van der Waals surface area (Å²) in [6.07, 6.45) is 14.4. The fourth-order valence-electron chi connectivity index (χ4n) is 9.96. The second kappa shape index (κ2) is 43.7. The number of amides is 10. The Balaban J connectivity index is 0.000000314. The molecule has 3 N–H and O–H groups in total. The molecule has 4 aliphatic heterocycles. The number of unbranched alkanes of at least 4 members (excludes halogenated alkanes) is 3. The molecular weight excluding hydrogens is 1310 g/mol. The maximum atomic E-state index is 11.9. The Kier molecular flexibility index (Phi) is 37.0. The van der Waals surface area contributed by atoms with Gasteiger partial charge in [-0.05, 0) is 144 Å². The van der Waals surface area contributed by atoms with E-state index in [0.717, 1.165) is 56.3 Å². The third kappa shape index (κ3) is 29.6. The number of imide groups is 4. The molecule has 27 heteroatoms. The summed E-state index contributed by atoms with van der Waals surface area (Å²) in [4.78, 5) is 170. The molecule has 8 rings (SSSR count). The Morgan fingerprint density at radius 3 is 1.32 bits per heavy atom. The van der Waals surface area contributed by atoms with Gasteiger partial charge < -0.3 is 20.2 Å². The first-order valence-corrected chi connectivity index (χ1v) is 34.5. The van der Waals surface area contributed by atoms with E-state index >= 15 is 0 Å². The zero-order valence-corrected chi connectivity index (χ0v) is 60.3. The van der Waals surface area contributed by atoms with Crippen molar-refractivity contribution in [1.29, 1.82) is 0 Å². The van der Waals surface area contributed by atoms with E-state index in [2.05, 4.69) is 36.4 Å². The molecule has 0 spiro atoms. The Morgan fingerprint density at radius 2 is 0.970 bits per heavy atom. The van der Waals surface area contributed by atoms with Gasteiger partial charge in [0.25, 0.3) is 0 Å². The topological polar surface area (TPSA) is 338 Å². The number of likely N-dealkylation sites (tertiary alicyclic amines) is 1. The largest absolute Gasteiger partial charge is 0.326 e. The predicted octanol–water partition coefficient (Wildman–Crippen LogP) is 11.7. The van der Waals surface area contributed by atoms with Crippen LogP contribution < -0.4 is 30.8 Å². The smallest absolute Gasteiger partial charge is 0.237 e. The highest BCUT2D eigenvalue weighted by molar-refractivity contribution is 7.98. The van der Waals surface area contributed by atoms with Crippen molar-refractivity contribution >= 4 is 152 Å². The molecule has 4 aliphatic rings. The maximum Gasteiger partial charge on any atom is 0.237 e. The second-order valence-electron chi connectivity index (χ2n) is 24.0. The van der Waals surface area contributed by atoms with Gasteiger partial charge in [0.1, 0.15) is 28.2 Å². The normalized spacial score (nSPS) is 17.0. The number of thiocarbonyl (C=S) groups is 1. The highest BCUT2D eigenvalue weighted by Gasteiger charge is 2.39.